The second-order valence-corrected chi connectivity index (χ2v) is 8.71. The molecule has 5 nitrogen and oxygen atoms in total. The van der Waals surface area contributed by atoms with Crippen LogP contribution < -0.4 is 10.2 Å². The highest BCUT2D eigenvalue weighted by Gasteiger charge is 2.34. The highest BCUT2D eigenvalue weighted by Crippen LogP contribution is 2.36. The number of hydrogen-bond donors (Lipinski definition) is 1. The van der Waals surface area contributed by atoms with Gasteiger partial charge in [-0.25, -0.2) is 0 Å². The van der Waals surface area contributed by atoms with Crippen molar-refractivity contribution in [3.05, 3.63) is 23.8 Å². The Morgan fingerprint density at radius 2 is 1.67 bits per heavy atom. The topological polar surface area (TPSA) is 52.7 Å². The van der Waals surface area contributed by atoms with Gasteiger partial charge in [-0.05, 0) is 44.9 Å². The second-order valence-electron chi connectivity index (χ2n) is 8.71. The fraction of sp³-hybridized carbons (Fsp3) is 0.636. The van der Waals surface area contributed by atoms with Crippen LogP contribution in [0.1, 0.15) is 53.0 Å². The van der Waals surface area contributed by atoms with Crippen LogP contribution in [-0.4, -0.2) is 42.9 Å². The molecule has 2 rings (SSSR count). The van der Waals surface area contributed by atoms with Crippen LogP contribution >= 0.6 is 0 Å². The number of hydrogen-bond acceptors (Lipinski definition) is 3. The van der Waals surface area contributed by atoms with Crippen LogP contribution in [0.15, 0.2) is 18.2 Å². The fourth-order valence-corrected chi connectivity index (χ4v) is 3.71. The average Bonchev–Trinajstić information content (AvgIpc) is 2.68. The first-order chi connectivity index (χ1) is 13.9. The molecule has 1 N–H and O–H groups in total. The summed E-state index contributed by atoms with van der Waals surface area (Å²) >= 11 is 0. The molecule has 168 valence electrons. The summed E-state index contributed by atoms with van der Waals surface area (Å²) in [5.74, 6) is -0.596. The minimum Gasteiger partial charge on any atom is -0.370 e. The molecule has 8 heteroatoms. The molecule has 1 aliphatic rings. The maximum atomic E-state index is 13.2. The Kier molecular flexibility index (Phi) is 7.42. The Bertz CT molecular complexity index is 760. The van der Waals surface area contributed by atoms with E-state index in [1.54, 1.807) is 4.90 Å². The molecule has 0 radical (unpaired) electrons. The maximum Gasteiger partial charge on any atom is 0.416 e. The van der Waals surface area contributed by atoms with Gasteiger partial charge in [0.15, 0.2) is 0 Å². The van der Waals surface area contributed by atoms with Crippen LogP contribution in [0.2, 0.25) is 0 Å². The van der Waals surface area contributed by atoms with Crippen molar-refractivity contribution in [2.24, 2.45) is 11.3 Å². The number of halogens is 3. The van der Waals surface area contributed by atoms with Gasteiger partial charge < -0.3 is 15.1 Å². The van der Waals surface area contributed by atoms with E-state index in [-0.39, 0.29) is 23.4 Å². The van der Waals surface area contributed by atoms with Gasteiger partial charge in [0.05, 0.1) is 16.9 Å². The van der Waals surface area contributed by atoms with Gasteiger partial charge in [0.2, 0.25) is 11.8 Å². The average molecular weight is 428 g/mol. The summed E-state index contributed by atoms with van der Waals surface area (Å²) in [4.78, 5) is 28.9. The van der Waals surface area contributed by atoms with Crippen molar-refractivity contribution in [3.63, 3.8) is 0 Å². The Hall–Kier alpha value is -2.25. The Balaban J connectivity index is 2.16. The van der Waals surface area contributed by atoms with Crippen LogP contribution in [0.25, 0.3) is 0 Å². The quantitative estimate of drug-likeness (QED) is 0.736. The molecule has 0 bridgehead atoms. The Morgan fingerprint density at radius 3 is 2.13 bits per heavy atom. The number of rotatable bonds is 5. The summed E-state index contributed by atoms with van der Waals surface area (Å²) in [7, 11) is 0. The van der Waals surface area contributed by atoms with E-state index >= 15 is 0 Å². The zero-order valence-electron chi connectivity index (χ0n) is 18.4. The third-order valence-corrected chi connectivity index (χ3v) is 5.48. The molecule has 1 aromatic carbocycles. The lowest BCUT2D eigenvalue weighted by atomic mass is 9.90. The lowest BCUT2D eigenvalue weighted by molar-refractivity contribution is -0.142. The van der Waals surface area contributed by atoms with Gasteiger partial charge in [0.25, 0.3) is 0 Å². The summed E-state index contributed by atoms with van der Waals surface area (Å²) in [5, 5.41) is 2.73. The summed E-state index contributed by atoms with van der Waals surface area (Å²) in [6, 6.07) is 3.46. The predicted octanol–water partition coefficient (Wildman–Crippen LogP) is 4.77. The van der Waals surface area contributed by atoms with Crippen molar-refractivity contribution >= 4 is 23.2 Å². The van der Waals surface area contributed by atoms with Gasteiger partial charge in [-0.15, -0.1) is 0 Å². The number of carbonyl (C=O) groups excluding carboxylic acids is 2. The molecule has 0 unspecified atom stereocenters. The van der Waals surface area contributed by atoms with Crippen LogP contribution in [-0.2, 0) is 15.8 Å². The summed E-state index contributed by atoms with van der Waals surface area (Å²) < 4.78 is 39.6. The lowest BCUT2D eigenvalue weighted by Gasteiger charge is -2.35. The molecule has 1 aromatic rings. The van der Waals surface area contributed by atoms with Gasteiger partial charge >= 0.3 is 6.18 Å². The van der Waals surface area contributed by atoms with E-state index < -0.39 is 17.2 Å². The molecular formula is C22H32F3N3O2. The number of piperidine rings is 1. The van der Waals surface area contributed by atoms with Crippen molar-refractivity contribution in [2.45, 2.75) is 53.6 Å². The van der Waals surface area contributed by atoms with Crippen molar-refractivity contribution in [1.82, 2.24) is 4.90 Å². The summed E-state index contributed by atoms with van der Waals surface area (Å²) in [6.07, 6.45) is -3.50. The van der Waals surface area contributed by atoms with Crippen LogP contribution in [0.4, 0.5) is 24.5 Å². The minimum atomic E-state index is -4.49. The molecule has 0 atom stereocenters. The summed E-state index contributed by atoms with van der Waals surface area (Å²) in [5.41, 5.74) is -0.529. The number of amides is 2. The molecule has 30 heavy (non-hydrogen) atoms. The second kappa shape index (κ2) is 9.27. The molecule has 1 heterocycles. The SMILES string of the molecule is CCN(CC)c1ccc(C(F)(F)F)cc1NC(=O)C1CCN(C(=O)C(C)(C)C)CC1. The van der Waals surface area contributed by atoms with Crippen LogP contribution in [0, 0.1) is 11.3 Å². The van der Waals surface area contributed by atoms with E-state index in [0.717, 1.165) is 12.1 Å². The van der Waals surface area contributed by atoms with Gasteiger partial charge in [-0.1, -0.05) is 20.8 Å². The monoisotopic (exact) mass is 427 g/mol. The van der Waals surface area contributed by atoms with Crippen molar-refractivity contribution in [3.8, 4) is 0 Å². The zero-order valence-corrected chi connectivity index (χ0v) is 18.4. The van der Waals surface area contributed by atoms with E-state index in [0.29, 0.717) is 44.7 Å². The molecular weight excluding hydrogens is 395 g/mol. The number of benzene rings is 1. The number of likely N-dealkylation sites (tertiary alicyclic amines) is 1. The number of anilines is 2. The highest BCUT2D eigenvalue weighted by atomic mass is 19.4. The molecule has 1 saturated heterocycles. The van der Waals surface area contributed by atoms with Crippen molar-refractivity contribution < 1.29 is 22.8 Å². The smallest absolute Gasteiger partial charge is 0.370 e. The molecule has 0 spiro atoms. The third kappa shape index (κ3) is 5.67. The third-order valence-electron chi connectivity index (χ3n) is 5.48. The Morgan fingerprint density at radius 1 is 1.10 bits per heavy atom. The van der Waals surface area contributed by atoms with E-state index in [1.807, 2.05) is 39.5 Å². The van der Waals surface area contributed by atoms with Gasteiger partial charge in [-0.3, -0.25) is 9.59 Å². The first kappa shape index (κ1) is 24.0. The largest absolute Gasteiger partial charge is 0.416 e. The van der Waals surface area contributed by atoms with Crippen LogP contribution in [0.3, 0.4) is 0 Å². The minimum absolute atomic E-state index is 0.0445. The molecule has 0 saturated carbocycles. The summed E-state index contributed by atoms with van der Waals surface area (Å²) in [6.45, 7) is 11.6. The normalized spacial score (nSPS) is 15.8. The molecule has 0 aromatic heterocycles. The van der Waals surface area contributed by atoms with E-state index in [2.05, 4.69) is 5.32 Å². The molecule has 2 amide bonds. The van der Waals surface area contributed by atoms with Gasteiger partial charge in [-0.2, -0.15) is 13.2 Å². The molecule has 1 aliphatic heterocycles. The first-order valence-electron chi connectivity index (χ1n) is 10.4. The van der Waals surface area contributed by atoms with Crippen molar-refractivity contribution in [2.75, 3.05) is 36.4 Å². The van der Waals surface area contributed by atoms with Crippen LogP contribution in [0.5, 0.6) is 0 Å². The Labute approximate surface area is 176 Å². The zero-order chi connectivity index (χ0) is 22.7. The first-order valence-corrected chi connectivity index (χ1v) is 10.4. The molecule has 0 aliphatic carbocycles. The maximum absolute atomic E-state index is 13.2. The number of carbonyl (C=O) groups is 2. The molecule has 1 fully saturated rings. The van der Waals surface area contributed by atoms with Gasteiger partial charge in [0.1, 0.15) is 0 Å². The van der Waals surface area contributed by atoms with E-state index in [9.17, 15) is 22.8 Å². The number of nitrogens with one attached hydrogen (secondary N) is 1. The fourth-order valence-electron chi connectivity index (χ4n) is 3.71. The number of alkyl halides is 3. The lowest BCUT2D eigenvalue weighted by Crippen LogP contribution is -2.45. The number of nitrogens with zero attached hydrogens (tertiary/aromatic N) is 2. The van der Waals surface area contributed by atoms with Gasteiger partial charge in [0, 0.05) is 37.5 Å². The van der Waals surface area contributed by atoms with E-state index in [4.69, 9.17) is 0 Å². The van der Waals surface area contributed by atoms with Crippen molar-refractivity contribution in [1.29, 1.82) is 0 Å². The predicted molar refractivity (Wildman–Crippen MR) is 112 cm³/mol. The van der Waals surface area contributed by atoms with E-state index in [1.165, 1.54) is 6.07 Å². The highest BCUT2D eigenvalue weighted by molar-refractivity contribution is 5.96. The standard InChI is InChI=1S/C22H32F3N3O2/c1-6-27(7-2)18-9-8-16(22(23,24)25)14-17(18)26-19(29)15-10-12-28(13-11-15)20(30)21(3,4)5/h8-9,14-15H,6-7,10-13H2,1-5H3,(H,26,29).